The molecule has 2 saturated carbocycles. The van der Waals surface area contributed by atoms with Crippen molar-refractivity contribution in [1.82, 2.24) is 4.72 Å². The van der Waals surface area contributed by atoms with E-state index in [1.165, 1.54) is 13.5 Å². The zero-order valence-corrected chi connectivity index (χ0v) is 8.51. The quantitative estimate of drug-likeness (QED) is 0.736. The highest BCUT2D eigenvalue weighted by molar-refractivity contribution is 7.84. The molecular weight excluding hydrogens is 190 g/mol. The molecule has 0 saturated heterocycles. The summed E-state index contributed by atoms with van der Waals surface area (Å²) in [5.41, 5.74) is 0. The summed E-state index contributed by atoms with van der Waals surface area (Å²) >= 11 is 0. The first-order valence-electron chi connectivity index (χ1n) is 4.72. The SMILES string of the molecule is CNS(=O)(=O)OC1C[C@H]2CC[C@@H]1C2. The minimum atomic E-state index is -3.48. The van der Waals surface area contributed by atoms with Crippen molar-refractivity contribution < 1.29 is 12.6 Å². The van der Waals surface area contributed by atoms with Crippen molar-refractivity contribution in [2.24, 2.45) is 11.8 Å². The minimum Gasteiger partial charge on any atom is -0.254 e. The second-order valence-electron chi connectivity index (χ2n) is 3.97. The van der Waals surface area contributed by atoms with Gasteiger partial charge in [-0.2, -0.15) is 13.1 Å². The third kappa shape index (κ3) is 1.87. The summed E-state index contributed by atoms with van der Waals surface area (Å²) in [5, 5.41) is 0. The molecule has 0 aromatic heterocycles. The van der Waals surface area contributed by atoms with Gasteiger partial charge in [-0.25, -0.2) is 0 Å². The zero-order chi connectivity index (χ0) is 9.47. The van der Waals surface area contributed by atoms with Crippen molar-refractivity contribution in [1.29, 1.82) is 0 Å². The van der Waals surface area contributed by atoms with Crippen molar-refractivity contribution in [3.05, 3.63) is 0 Å². The highest BCUT2D eigenvalue weighted by Gasteiger charge is 2.42. The Labute approximate surface area is 78.9 Å². The van der Waals surface area contributed by atoms with Crippen molar-refractivity contribution in [3.8, 4) is 0 Å². The van der Waals surface area contributed by atoms with E-state index in [4.69, 9.17) is 4.18 Å². The standard InChI is InChI=1S/C8H15NO3S/c1-9-13(10,11)12-8-5-6-2-3-7(8)4-6/h6-9H,2-5H2,1H3/t6-,7+,8?/m0/s1. The smallest absolute Gasteiger partial charge is 0.254 e. The van der Waals surface area contributed by atoms with Crippen molar-refractivity contribution in [2.45, 2.75) is 31.8 Å². The van der Waals surface area contributed by atoms with E-state index in [-0.39, 0.29) is 6.10 Å². The van der Waals surface area contributed by atoms with E-state index in [1.54, 1.807) is 0 Å². The van der Waals surface area contributed by atoms with E-state index >= 15 is 0 Å². The van der Waals surface area contributed by atoms with Gasteiger partial charge in [0.25, 0.3) is 0 Å². The van der Waals surface area contributed by atoms with Gasteiger partial charge in [-0.05, 0) is 37.5 Å². The number of nitrogens with one attached hydrogen (secondary N) is 1. The minimum absolute atomic E-state index is 0.0591. The molecule has 0 aromatic carbocycles. The fraction of sp³-hybridized carbons (Fsp3) is 1.00. The lowest BCUT2D eigenvalue weighted by molar-refractivity contribution is 0.143. The van der Waals surface area contributed by atoms with Gasteiger partial charge in [0, 0.05) is 7.05 Å². The Kier molecular flexibility index (Phi) is 2.33. The van der Waals surface area contributed by atoms with Crippen LogP contribution in [0.15, 0.2) is 0 Å². The molecule has 3 atom stereocenters. The topological polar surface area (TPSA) is 55.4 Å². The molecule has 2 fully saturated rings. The van der Waals surface area contributed by atoms with Crippen LogP contribution in [0.4, 0.5) is 0 Å². The molecule has 1 N–H and O–H groups in total. The lowest BCUT2D eigenvalue weighted by Crippen LogP contribution is -2.30. The summed E-state index contributed by atoms with van der Waals surface area (Å²) < 4.78 is 29.4. The number of rotatable bonds is 3. The number of fused-ring (bicyclic) bond motifs is 2. The Bertz CT molecular complexity index is 288. The first-order valence-corrected chi connectivity index (χ1v) is 6.13. The van der Waals surface area contributed by atoms with Gasteiger partial charge in [-0.3, -0.25) is 4.18 Å². The van der Waals surface area contributed by atoms with Crippen LogP contribution >= 0.6 is 0 Å². The summed E-state index contributed by atoms with van der Waals surface area (Å²) in [6.07, 6.45) is 4.41. The Morgan fingerprint density at radius 2 is 2.08 bits per heavy atom. The molecular formula is C8H15NO3S. The second kappa shape index (κ2) is 3.22. The third-order valence-electron chi connectivity index (χ3n) is 3.17. The average Bonchev–Trinajstić information content (AvgIpc) is 2.64. The molecule has 2 aliphatic rings. The van der Waals surface area contributed by atoms with Gasteiger partial charge in [0.1, 0.15) is 0 Å². The molecule has 0 radical (unpaired) electrons. The molecule has 0 aliphatic heterocycles. The Morgan fingerprint density at radius 3 is 2.54 bits per heavy atom. The van der Waals surface area contributed by atoms with Gasteiger partial charge in [0.2, 0.25) is 0 Å². The summed E-state index contributed by atoms with van der Waals surface area (Å²) in [6.45, 7) is 0. The van der Waals surface area contributed by atoms with Crippen LogP contribution in [0.1, 0.15) is 25.7 Å². The first kappa shape index (κ1) is 9.43. The van der Waals surface area contributed by atoms with E-state index in [1.807, 2.05) is 0 Å². The molecule has 2 rings (SSSR count). The first-order chi connectivity index (χ1) is 6.11. The van der Waals surface area contributed by atoms with Gasteiger partial charge >= 0.3 is 10.3 Å². The van der Waals surface area contributed by atoms with Crippen LogP contribution in [0.3, 0.4) is 0 Å². The lowest BCUT2D eigenvalue weighted by Gasteiger charge is -2.20. The normalized spacial score (nSPS) is 38.4. The largest absolute Gasteiger partial charge is 0.335 e. The maximum absolute atomic E-state index is 11.1. The van der Waals surface area contributed by atoms with Gasteiger partial charge < -0.3 is 0 Å². The summed E-state index contributed by atoms with van der Waals surface area (Å²) in [7, 11) is -2.10. The van der Waals surface area contributed by atoms with Crippen molar-refractivity contribution in [3.63, 3.8) is 0 Å². The van der Waals surface area contributed by atoms with Gasteiger partial charge in [-0.15, -0.1) is 0 Å². The molecule has 2 bridgehead atoms. The Morgan fingerprint density at radius 1 is 1.31 bits per heavy atom. The van der Waals surface area contributed by atoms with Crippen LogP contribution in [-0.4, -0.2) is 21.6 Å². The van der Waals surface area contributed by atoms with Crippen LogP contribution in [0, 0.1) is 11.8 Å². The molecule has 13 heavy (non-hydrogen) atoms. The van der Waals surface area contributed by atoms with Crippen molar-refractivity contribution in [2.75, 3.05) is 7.05 Å². The Balaban J connectivity index is 1.97. The zero-order valence-electron chi connectivity index (χ0n) is 7.69. The highest BCUT2D eigenvalue weighted by atomic mass is 32.2. The van der Waals surface area contributed by atoms with Gasteiger partial charge in [0.15, 0.2) is 0 Å². The van der Waals surface area contributed by atoms with Crippen LogP contribution < -0.4 is 4.72 Å². The predicted molar refractivity (Wildman–Crippen MR) is 48.3 cm³/mol. The van der Waals surface area contributed by atoms with E-state index in [2.05, 4.69) is 4.72 Å². The molecule has 4 nitrogen and oxygen atoms in total. The van der Waals surface area contributed by atoms with Crippen LogP contribution in [-0.2, 0) is 14.5 Å². The fourth-order valence-corrected chi connectivity index (χ4v) is 3.17. The summed E-state index contributed by atoms with van der Waals surface area (Å²) in [6, 6.07) is 0. The van der Waals surface area contributed by atoms with E-state index in [9.17, 15) is 8.42 Å². The fourth-order valence-electron chi connectivity index (χ4n) is 2.52. The predicted octanol–water partition coefficient (Wildman–Crippen LogP) is 0.656. The molecule has 0 aromatic rings. The summed E-state index contributed by atoms with van der Waals surface area (Å²) in [4.78, 5) is 0. The highest BCUT2D eigenvalue weighted by Crippen LogP contribution is 2.46. The lowest BCUT2D eigenvalue weighted by atomic mass is 9.98. The van der Waals surface area contributed by atoms with E-state index in [0.717, 1.165) is 19.3 Å². The molecule has 0 heterocycles. The second-order valence-corrected chi connectivity index (χ2v) is 5.48. The number of hydrogen-bond donors (Lipinski definition) is 1. The Hall–Kier alpha value is -0.130. The maximum Gasteiger partial charge on any atom is 0.335 e. The van der Waals surface area contributed by atoms with Gasteiger partial charge in [-0.1, -0.05) is 0 Å². The number of hydrogen-bond acceptors (Lipinski definition) is 3. The van der Waals surface area contributed by atoms with Crippen molar-refractivity contribution >= 4 is 10.3 Å². The molecule has 0 spiro atoms. The average molecular weight is 205 g/mol. The van der Waals surface area contributed by atoms with Crippen LogP contribution in [0.2, 0.25) is 0 Å². The van der Waals surface area contributed by atoms with E-state index in [0.29, 0.717) is 11.8 Å². The third-order valence-corrected chi connectivity index (χ3v) is 4.17. The van der Waals surface area contributed by atoms with Gasteiger partial charge in [0.05, 0.1) is 6.10 Å². The van der Waals surface area contributed by atoms with E-state index < -0.39 is 10.3 Å². The molecule has 1 unspecified atom stereocenters. The molecule has 0 amide bonds. The monoisotopic (exact) mass is 205 g/mol. The molecule has 76 valence electrons. The maximum atomic E-state index is 11.1. The van der Waals surface area contributed by atoms with Crippen LogP contribution in [0.5, 0.6) is 0 Å². The molecule has 5 heteroatoms. The summed E-state index contributed by atoms with van der Waals surface area (Å²) in [5.74, 6) is 1.19. The molecule has 2 aliphatic carbocycles. The van der Waals surface area contributed by atoms with Crippen LogP contribution in [0.25, 0.3) is 0 Å².